The number of anilines is 1. The summed E-state index contributed by atoms with van der Waals surface area (Å²) in [6.45, 7) is 0.519. The molecule has 0 atom stereocenters. The van der Waals surface area contributed by atoms with Gasteiger partial charge in [0.05, 0.1) is 38.0 Å². The average Bonchev–Trinajstić information content (AvgIpc) is 2.69. The van der Waals surface area contributed by atoms with E-state index >= 15 is 0 Å². The van der Waals surface area contributed by atoms with Gasteiger partial charge in [0, 0.05) is 19.2 Å². The largest absolute Gasteiger partial charge is 0.493 e. The molecule has 1 N–H and O–H groups in total. The molecule has 0 radical (unpaired) electrons. The first kappa shape index (κ1) is 22.5. The van der Waals surface area contributed by atoms with Gasteiger partial charge in [-0.05, 0) is 25.2 Å². The minimum absolute atomic E-state index is 0.0628. The Balaban J connectivity index is 1.90. The lowest BCUT2D eigenvalue weighted by molar-refractivity contribution is -0.131. The summed E-state index contributed by atoms with van der Waals surface area (Å²) < 4.78 is 10.7. The number of para-hydroxylation sites is 2. The van der Waals surface area contributed by atoms with E-state index in [2.05, 4.69) is 5.32 Å². The number of hydrogen-bond donors (Lipinski definition) is 1. The molecule has 29 heavy (non-hydrogen) atoms. The number of methoxy groups -OCH3 is 2. The molecular weight excluding hydrogens is 394 g/mol. The molecule has 2 aromatic rings. The topological polar surface area (TPSA) is 71.1 Å². The van der Waals surface area contributed by atoms with Crippen LogP contribution in [0.1, 0.15) is 5.56 Å². The number of nitrogens with zero attached hydrogens (tertiary/aromatic N) is 2. The van der Waals surface area contributed by atoms with Gasteiger partial charge in [0.2, 0.25) is 11.8 Å². The van der Waals surface area contributed by atoms with Crippen molar-refractivity contribution < 1.29 is 19.1 Å². The van der Waals surface area contributed by atoms with E-state index in [0.29, 0.717) is 28.8 Å². The zero-order valence-corrected chi connectivity index (χ0v) is 17.8. The van der Waals surface area contributed by atoms with Crippen molar-refractivity contribution in [1.29, 1.82) is 0 Å². The van der Waals surface area contributed by atoms with Gasteiger partial charge in [-0.3, -0.25) is 14.5 Å². The number of hydrogen-bond acceptors (Lipinski definition) is 5. The fourth-order valence-corrected chi connectivity index (χ4v) is 3.01. The molecule has 8 heteroatoms. The fraction of sp³-hybridized carbons (Fsp3) is 0.333. The van der Waals surface area contributed by atoms with Crippen molar-refractivity contribution in [3.63, 3.8) is 0 Å². The van der Waals surface area contributed by atoms with E-state index in [1.165, 1.54) is 0 Å². The van der Waals surface area contributed by atoms with Crippen molar-refractivity contribution in [3.8, 4) is 11.5 Å². The first-order chi connectivity index (χ1) is 13.8. The van der Waals surface area contributed by atoms with Gasteiger partial charge in [0.25, 0.3) is 0 Å². The molecule has 2 rings (SSSR count). The minimum Gasteiger partial charge on any atom is -0.493 e. The maximum Gasteiger partial charge on any atom is 0.238 e. The summed E-state index contributed by atoms with van der Waals surface area (Å²) in [7, 11) is 6.55. The molecule has 0 aliphatic carbocycles. The van der Waals surface area contributed by atoms with Gasteiger partial charge in [-0.15, -0.1) is 0 Å². The number of amides is 2. The number of rotatable bonds is 9. The van der Waals surface area contributed by atoms with Crippen molar-refractivity contribution in [2.45, 2.75) is 6.54 Å². The van der Waals surface area contributed by atoms with Crippen molar-refractivity contribution >= 4 is 29.1 Å². The highest BCUT2D eigenvalue weighted by Crippen LogP contribution is 2.31. The Hall–Kier alpha value is -2.77. The molecule has 0 saturated carbocycles. The van der Waals surface area contributed by atoms with Crippen LogP contribution in [0.25, 0.3) is 0 Å². The van der Waals surface area contributed by atoms with Gasteiger partial charge in [-0.2, -0.15) is 0 Å². The second-order valence-electron chi connectivity index (χ2n) is 6.60. The van der Waals surface area contributed by atoms with Crippen molar-refractivity contribution in [1.82, 2.24) is 9.80 Å². The molecule has 2 aromatic carbocycles. The van der Waals surface area contributed by atoms with Crippen LogP contribution in [0, 0.1) is 0 Å². The Bertz CT molecular complexity index is 860. The molecule has 0 heterocycles. The summed E-state index contributed by atoms with van der Waals surface area (Å²) in [4.78, 5) is 28.0. The maximum atomic E-state index is 12.6. The summed E-state index contributed by atoms with van der Waals surface area (Å²) in [6, 6.07) is 12.5. The van der Waals surface area contributed by atoms with E-state index in [9.17, 15) is 9.59 Å². The quantitative estimate of drug-likeness (QED) is 0.676. The van der Waals surface area contributed by atoms with Crippen LogP contribution in [-0.4, -0.2) is 63.0 Å². The summed E-state index contributed by atoms with van der Waals surface area (Å²) >= 11 is 6.05. The molecular formula is C21H26ClN3O4. The van der Waals surface area contributed by atoms with E-state index in [-0.39, 0.29) is 24.9 Å². The van der Waals surface area contributed by atoms with E-state index in [4.69, 9.17) is 21.1 Å². The SMILES string of the molecule is COc1cccc(CN(C)C(=O)CN(C)CC(=O)Nc2ccccc2Cl)c1OC. The number of likely N-dealkylation sites (N-methyl/N-ethyl adjacent to an activating group) is 2. The number of nitrogens with one attached hydrogen (secondary N) is 1. The minimum atomic E-state index is -0.245. The van der Waals surface area contributed by atoms with Crippen LogP contribution in [0.4, 0.5) is 5.69 Å². The van der Waals surface area contributed by atoms with Crippen molar-refractivity contribution in [2.75, 3.05) is 46.7 Å². The third kappa shape index (κ3) is 6.37. The zero-order valence-electron chi connectivity index (χ0n) is 17.1. The normalized spacial score (nSPS) is 10.6. The number of carbonyl (C=O) groups is 2. The van der Waals surface area contributed by atoms with Gasteiger partial charge >= 0.3 is 0 Å². The molecule has 0 unspecified atom stereocenters. The summed E-state index contributed by atoms with van der Waals surface area (Å²) in [5.41, 5.74) is 1.38. The molecule has 0 bridgehead atoms. The van der Waals surface area contributed by atoms with E-state index < -0.39 is 0 Å². The standard InChI is InChI=1S/C21H26ClN3O4/c1-24(13-19(26)23-17-10-6-5-9-16(17)22)14-20(27)25(2)12-15-8-7-11-18(28-3)21(15)29-4/h5-11H,12-14H2,1-4H3,(H,23,26). The van der Waals surface area contributed by atoms with Gasteiger partial charge in [0.15, 0.2) is 11.5 Å². The molecule has 0 aromatic heterocycles. The predicted molar refractivity (Wildman–Crippen MR) is 114 cm³/mol. The van der Waals surface area contributed by atoms with Crippen LogP contribution >= 0.6 is 11.6 Å². The van der Waals surface area contributed by atoms with Crippen molar-refractivity contribution in [3.05, 3.63) is 53.1 Å². The van der Waals surface area contributed by atoms with Crippen LogP contribution in [-0.2, 0) is 16.1 Å². The fourth-order valence-electron chi connectivity index (χ4n) is 2.83. The molecule has 7 nitrogen and oxygen atoms in total. The van der Waals surface area contributed by atoms with E-state index in [1.54, 1.807) is 68.4 Å². The van der Waals surface area contributed by atoms with Gasteiger partial charge in [-0.25, -0.2) is 0 Å². The molecule has 0 spiro atoms. The zero-order chi connectivity index (χ0) is 21.4. The Morgan fingerprint density at radius 2 is 1.72 bits per heavy atom. The van der Waals surface area contributed by atoms with Gasteiger partial charge < -0.3 is 19.7 Å². The Kier molecular flexibility index (Phi) is 8.30. The maximum absolute atomic E-state index is 12.6. The smallest absolute Gasteiger partial charge is 0.238 e. The van der Waals surface area contributed by atoms with E-state index in [1.807, 2.05) is 12.1 Å². The van der Waals surface area contributed by atoms with Gasteiger partial charge in [0.1, 0.15) is 0 Å². The monoisotopic (exact) mass is 419 g/mol. The Morgan fingerprint density at radius 1 is 1.00 bits per heavy atom. The first-order valence-corrected chi connectivity index (χ1v) is 9.40. The number of benzene rings is 2. The van der Waals surface area contributed by atoms with Crippen LogP contribution < -0.4 is 14.8 Å². The third-order valence-electron chi connectivity index (χ3n) is 4.28. The summed E-state index contributed by atoms with van der Waals surface area (Å²) in [5.74, 6) is 0.842. The Morgan fingerprint density at radius 3 is 2.38 bits per heavy atom. The average molecular weight is 420 g/mol. The molecule has 0 aliphatic rings. The molecule has 2 amide bonds. The van der Waals surface area contributed by atoms with Crippen LogP contribution in [0.15, 0.2) is 42.5 Å². The van der Waals surface area contributed by atoms with Crippen molar-refractivity contribution in [2.24, 2.45) is 0 Å². The molecule has 0 saturated heterocycles. The summed E-state index contributed by atoms with van der Waals surface area (Å²) in [6.07, 6.45) is 0. The van der Waals surface area contributed by atoms with Gasteiger partial charge in [-0.1, -0.05) is 35.9 Å². The first-order valence-electron chi connectivity index (χ1n) is 9.02. The van der Waals surface area contributed by atoms with Crippen LogP contribution in [0.2, 0.25) is 5.02 Å². The Labute approximate surface area is 176 Å². The number of carbonyl (C=O) groups excluding carboxylic acids is 2. The highest BCUT2D eigenvalue weighted by molar-refractivity contribution is 6.33. The highest BCUT2D eigenvalue weighted by Gasteiger charge is 2.17. The van der Waals surface area contributed by atoms with Crippen LogP contribution in [0.5, 0.6) is 11.5 Å². The second kappa shape index (κ2) is 10.7. The second-order valence-corrected chi connectivity index (χ2v) is 7.01. The molecule has 0 aliphatic heterocycles. The van der Waals surface area contributed by atoms with E-state index in [0.717, 1.165) is 5.56 Å². The number of halogens is 1. The molecule has 0 fully saturated rings. The number of ether oxygens (including phenoxy) is 2. The summed E-state index contributed by atoms with van der Waals surface area (Å²) in [5, 5.41) is 3.21. The molecule has 156 valence electrons. The van der Waals surface area contributed by atoms with Crippen LogP contribution in [0.3, 0.4) is 0 Å². The highest BCUT2D eigenvalue weighted by atomic mass is 35.5. The predicted octanol–water partition coefficient (Wildman–Crippen LogP) is 2.89. The lowest BCUT2D eigenvalue weighted by Gasteiger charge is -2.23. The lowest BCUT2D eigenvalue weighted by atomic mass is 10.1. The third-order valence-corrected chi connectivity index (χ3v) is 4.61. The lowest BCUT2D eigenvalue weighted by Crippen LogP contribution is -2.39.